The standard InChI is InChI=1S/C19H17F2N3O2S/c20-19(21)7-5-13(6-8-19)16-17(25)24(18(26)27-16)9-1-2-12-3-4-14-15(10-12)23-11-22-14/h1-4,10-11H,5-9H2,(H,22,23)/b2-1+. The van der Waals surface area contributed by atoms with E-state index < -0.39 is 5.92 Å². The lowest BCUT2D eigenvalue weighted by atomic mass is 9.91. The minimum absolute atomic E-state index is 0.151. The lowest BCUT2D eigenvalue weighted by molar-refractivity contribution is -0.122. The first-order chi connectivity index (χ1) is 12.9. The van der Waals surface area contributed by atoms with Crippen molar-refractivity contribution in [1.29, 1.82) is 0 Å². The predicted molar refractivity (Wildman–Crippen MR) is 100 cm³/mol. The van der Waals surface area contributed by atoms with Crippen molar-refractivity contribution in [2.24, 2.45) is 0 Å². The summed E-state index contributed by atoms with van der Waals surface area (Å²) in [4.78, 5) is 33.4. The van der Waals surface area contributed by atoms with Gasteiger partial charge < -0.3 is 4.98 Å². The molecule has 2 aliphatic rings. The van der Waals surface area contributed by atoms with E-state index in [0.717, 1.165) is 33.3 Å². The molecule has 0 atom stereocenters. The number of thioether (sulfide) groups is 1. The van der Waals surface area contributed by atoms with Gasteiger partial charge in [0.05, 0.1) is 22.3 Å². The van der Waals surface area contributed by atoms with Gasteiger partial charge in [-0.1, -0.05) is 23.8 Å². The fourth-order valence-electron chi connectivity index (χ4n) is 3.27. The van der Waals surface area contributed by atoms with Crippen LogP contribution in [-0.4, -0.2) is 38.5 Å². The highest BCUT2D eigenvalue weighted by Crippen LogP contribution is 2.42. The number of benzene rings is 1. The maximum atomic E-state index is 13.3. The van der Waals surface area contributed by atoms with E-state index in [1.54, 1.807) is 12.4 Å². The third-order valence-corrected chi connectivity index (χ3v) is 5.86. The SMILES string of the molecule is O=C1SC(=C2CCC(F)(F)CC2)C(=O)N1C/C=C/c1ccc2nc[nH]c2c1. The molecule has 1 aliphatic heterocycles. The first-order valence-corrected chi connectivity index (χ1v) is 9.48. The molecule has 2 aromatic rings. The molecular weight excluding hydrogens is 372 g/mol. The lowest BCUT2D eigenvalue weighted by Gasteiger charge is -2.24. The molecule has 4 rings (SSSR count). The Morgan fingerprint density at radius 2 is 2.04 bits per heavy atom. The number of amides is 2. The van der Waals surface area contributed by atoms with E-state index in [1.165, 1.54) is 0 Å². The molecule has 1 N–H and O–H groups in total. The summed E-state index contributed by atoms with van der Waals surface area (Å²) >= 11 is 0.863. The zero-order valence-electron chi connectivity index (χ0n) is 14.4. The van der Waals surface area contributed by atoms with Gasteiger partial charge in [-0.2, -0.15) is 0 Å². The number of alkyl halides is 2. The minimum Gasteiger partial charge on any atom is -0.345 e. The van der Waals surface area contributed by atoms with Crippen LogP contribution in [0.4, 0.5) is 13.6 Å². The van der Waals surface area contributed by atoms with Gasteiger partial charge in [0.2, 0.25) is 5.92 Å². The van der Waals surface area contributed by atoms with Crippen LogP contribution >= 0.6 is 11.8 Å². The van der Waals surface area contributed by atoms with Crippen molar-refractivity contribution in [1.82, 2.24) is 14.9 Å². The first kappa shape index (κ1) is 17.9. The van der Waals surface area contributed by atoms with E-state index in [0.29, 0.717) is 10.5 Å². The monoisotopic (exact) mass is 389 g/mol. The maximum Gasteiger partial charge on any atom is 0.293 e. The van der Waals surface area contributed by atoms with Crippen LogP contribution in [-0.2, 0) is 4.79 Å². The Morgan fingerprint density at radius 3 is 2.81 bits per heavy atom. The molecular formula is C19H17F2N3O2S. The number of rotatable bonds is 3. The number of aromatic nitrogens is 2. The van der Waals surface area contributed by atoms with Crippen LogP contribution in [0.1, 0.15) is 31.2 Å². The number of carbonyl (C=O) groups excluding carboxylic acids is 2. The predicted octanol–water partition coefficient (Wildman–Crippen LogP) is 4.73. The Labute approximate surface area is 158 Å². The molecule has 140 valence electrons. The summed E-state index contributed by atoms with van der Waals surface area (Å²) in [6, 6.07) is 5.71. The molecule has 1 aliphatic carbocycles. The number of nitrogens with zero attached hydrogens (tertiary/aromatic N) is 2. The number of imidazole rings is 1. The lowest BCUT2D eigenvalue weighted by Crippen LogP contribution is -2.29. The summed E-state index contributed by atoms with van der Waals surface area (Å²) in [5.41, 5.74) is 3.37. The molecule has 1 aromatic carbocycles. The van der Waals surface area contributed by atoms with Gasteiger partial charge in [-0.05, 0) is 42.3 Å². The first-order valence-electron chi connectivity index (χ1n) is 8.66. The second kappa shape index (κ2) is 6.92. The highest BCUT2D eigenvalue weighted by molar-refractivity contribution is 8.18. The zero-order chi connectivity index (χ0) is 19.0. The fourth-order valence-corrected chi connectivity index (χ4v) is 4.26. The smallest absolute Gasteiger partial charge is 0.293 e. The number of nitrogens with one attached hydrogen (secondary N) is 1. The van der Waals surface area contributed by atoms with Crippen LogP contribution in [0.2, 0.25) is 0 Å². The topological polar surface area (TPSA) is 66.1 Å². The number of halogens is 2. The maximum absolute atomic E-state index is 13.3. The van der Waals surface area contributed by atoms with Crippen LogP contribution in [0, 0.1) is 0 Å². The molecule has 1 saturated heterocycles. The normalized spacial score (nSPS) is 20.4. The van der Waals surface area contributed by atoms with Crippen LogP contribution in [0.3, 0.4) is 0 Å². The average molecular weight is 389 g/mol. The molecule has 5 nitrogen and oxygen atoms in total. The summed E-state index contributed by atoms with van der Waals surface area (Å²) in [5.74, 6) is -3.04. The van der Waals surface area contributed by atoms with E-state index in [2.05, 4.69) is 9.97 Å². The Kier molecular flexibility index (Phi) is 4.59. The molecule has 8 heteroatoms. The Bertz CT molecular complexity index is 968. The fraction of sp³-hybridized carbons (Fsp3) is 0.316. The van der Waals surface area contributed by atoms with Gasteiger partial charge in [0.15, 0.2) is 0 Å². The van der Waals surface area contributed by atoms with Crippen molar-refractivity contribution < 1.29 is 18.4 Å². The minimum atomic E-state index is -2.67. The molecule has 0 radical (unpaired) electrons. The molecule has 2 amide bonds. The van der Waals surface area contributed by atoms with Gasteiger partial charge >= 0.3 is 0 Å². The Morgan fingerprint density at radius 1 is 1.26 bits per heavy atom. The summed E-state index contributed by atoms with van der Waals surface area (Å²) in [6.07, 6.45) is 5.01. The third kappa shape index (κ3) is 3.66. The molecule has 0 spiro atoms. The summed E-state index contributed by atoms with van der Waals surface area (Å²) < 4.78 is 26.6. The van der Waals surface area contributed by atoms with E-state index in [9.17, 15) is 18.4 Å². The van der Waals surface area contributed by atoms with Gasteiger partial charge in [0, 0.05) is 19.4 Å². The highest BCUT2D eigenvalue weighted by Gasteiger charge is 2.40. The molecule has 2 fully saturated rings. The third-order valence-electron chi connectivity index (χ3n) is 4.80. The van der Waals surface area contributed by atoms with Crippen LogP contribution < -0.4 is 0 Å². The molecule has 1 aromatic heterocycles. The van der Waals surface area contributed by atoms with Crippen molar-refractivity contribution in [2.45, 2.75) is 31.6 Å². The summed E-state index contributed by atoms with van der Waals surface area (Å²) in [6.45, 7) is 0.151. The number of allylic oxidation sites excluding steroid dienone is 1. The number of hydrogen-bond donors (Lipinski definition) is 1. The molecule has 2 heterocycles. The van der Waals surface area contributed by atoms with Crippen LogP contribution in [0.15, 0.2) is 41.1 Å². The Balaban J connectivity index is 1.45. The second-order valence-electron chi connectivity index (χ2n) is 6.65. The number of fused-ring (bicyclic) bond motifs is 1. The quantitative estimate of drug-likeness (QED) is 0.771. The molecule has 0 bridgehead atoms. The van der Waals surface area contributed by atoms with Gasteiger partial charge in [-0.25, -0.2) is 13.8 Å². The largest absolute Gasteiger partial charge is 0.345 e. The van der Waals surface area contributed by atoms with Gasteiger partial charge in [0.1, 0.15) is 0 Å². The number of H-pyrrole nitrogens is 1. The van der Waals surface area contributed by atoms with Crippen molar-refractivity contribution in [3.8, 4) is 0 Å². The van der Waals surface area contributed by atoms with Crippen LogP contribution in [0.5, 0.6) is 0 Å². The number of carbonyl (C=O) groups is 2. The van der Waals surface area contributed by atoms with Gasteiger partial charge in [-0.3, -0.25) is 14.5 Å². The molecule has 1 saturated carbocycles. The van der Waals surface area contributed by atoms with E-state index in [4.69, 9.17) is 0 Å². The summed E-state index contributed by atoms with van der Waals surface area (Å²) in [5, 5.41) is -0.353. The van der Waals surface area contributed by atoms with E-state index >= 15 is 0 Å². The van der Waals surface area contributed by atoms with Gasteiger partial charge in [-0.15, -0.1) is 0 Å². The molecule has 27 heavy (non-hydrogen) atoms. The number of imide groups is 1. The van der Waals surface area contributed by atoms with Crippen molar-refractivity contribution in [2.75, 3.05) is 6.54 Å². The van der Waals surface area contributed by atoms with E-state index in [-0.39, 0.29) is 43.4 Å². The van der Waals surface area contributed by atoms with Crippen LogP contribution in [0.25, 0.3) is 17.1 Å². The molecule has 0 unspecified atom stereocenters. The van der Waals surface area contributed by atoms with Crippen molar-refractivity contribution in [3.05, 3.63) is 46.6 Å². The van der Waals surface area contributed by atoms with Crippen molar-refractivity contribution in [3.63, 3.8) is 0 Å². The highest BCUT2D eigenvalue weighted by atomic mass is 32.2. The zero-order valence-corrected chi connectivity index (χ0v) is 15.2. The Hall–Kier alpha value is -2.48. The number of hydrogen-bond acceptors (Lipinski definition) is 4. The second-order valence-corrected chi connectivity index (χ2v) is 7.62. The number of aromatic amines is 1. The van der Waals surface area contributed by atoms with E-state index in [1.807, 2.05) is 24.3 Å². The average Bonchev–Trinajstić information content (AvgIpc) is 3.21. The summed E-state index contributed by atoms with van der Waals surface area (Å²) in [7, 11) is 0. The van der Waals surface area contributed by atoms with Gasteiger partial charge in [0.25, 0.3) is 11.1 Å². The van der Waals surface area contributed by atoms with Crippen molar-refractivity contribution >= 4 is 40.0 Å².